The predicted octanol–water partition coefficient (Wildman–Crippen LogP) is 6.43. The summed E-state index contributed by atoms with van der Waals surface area (Å²) in [5.41, 5.74) is 0.125. The summed E-state index contributed by atoms with van der Waals surface area (Å²) < 4.78 is 17.0. The van der Waals surface area contributed by atoms with E-state index < -0.39 is 24.2 Å². The third-order valence-electron chi connectivity index (χ3n) is 4.59. The molecule has 0 N–H and O–H groups in total. The molecule has 2 aromatic carbocycles. The number of nitrogens with zero attached hydrogens (tertiary/aromatic N) is 2. The normalized spacial score (nSPS) is 24.4. The van der Waals surface area contributed by atoms with Crippen molar-refractivity contribution < 1.29 is 18.6 Å². The Balaban J connectivity index is 2.12. The highest BCUT2D eigenvalue weighted by atomic mass is 32.5. The van der Waals surface area contributed by atoms with E-state index in [9.17, 15) is 9.59 Å². The number of hydrogen-bond acceptors (Lipinski definition) is 6. The Kier molecular flexibility index (Phi) is 6.90. The Morgan fingerprint density at radius 3 is 1.34 bits per heavy atom. The highest BCUT2D eigenvalue weighted by Crippen LogP contribution is 2.89. The van der Waals surface area contributed by atoms with Gasteiger partial charge in [0.2, 0.25) is 0 Å². The second-order valence-electron chi connectivity index (χ2n) is 9.46. The minimum absolute atomic E-state index is 0.447. The summed E-state index contributed by atoms with van der Waals surface area (Å²) in [6, 6.07) is 13.9. The molecule has 3 rings (SSSR count). The van der Waals surface area contributed by atoms with E-state index in [4.69, 9.17) is 32.7 Å². The van der Waals surface area contributed by atoms with Crippen LogP contribution in [-0.4, -0.2) is 32.5 Å². The van der Waals surface area contributed by atoms with Crippen LogP contribution in [0, 0.1) is 0 Å². The van der Waals surface area contributed by atoms with E-state index in [1.54, 1.807) is 48.5 Å². The highest BCUT2D eigenvalue weighted by Gasteiger charge is 2.68. The monoisotopic (exact) mass is 510 g/mol. The van der Waals surface area contributed by atoms with Crippen LogP contribution in [0.25, 0.3) is 0 Å². The lowest BCUT2D eigenvalue weighted by Crippen LogP contribution is -2.58. The Morgan fingerprint density at radius 2 is 1.06 bits per heavy atom. The van der Waals surface area contributed by atoms with Crippen molar-refractivity contribution >= 4 is 49.3 Å². The number of hydrogen-bond donors (Lipinski definition) is 0. The average Bonchev–Trinajstić information content (AvgIpc) is 2.64. The first-order valence-electron chi connectivity index (χ1n) is 10.1. The SMILES string of the molecule is CC(C)(C)N1P(=S)(Oc2cccc(C=O)c2)N(C(C)(C)C)P1(=S)Oc1cccc(C=O)c1. The molecule has 172 valence electrons. The predicted molar refractivity (Wildman–Crippen MR) is 137 cm³/mol. The lowest BCUT2D eigenvalue weighted by Gasteiger charge is -2.65. The largest absolute Gasteiger partial charge is 0.440 e. The number of carbonyl (C=O) groups is 2. The maximum Gasteiger partial charge on any atom is 0.269 e. The van der Waals surface area contributed by atoms with Gasteiger partial charge in [-0.15, -0.1) is 0 Å². The lowest BCUT2D eigenvalue weighted by molar-refractivity contribution is 0.111. The quantitative estimate of drug-likeness (QED) is 0.325. The van der Waals surface area contributed by atoms with Gasteiger partial charge in [-0.2, -0.15) is 8.88 Å². The van der Waals surface area contributed by atoms with Gasteiger partial charge in [-0.05, 0) is 89.4 Å². The lowest BCUT2D eigenvalue weighted by atomic mass is 10.1. The summed E-state index contributed by atoms with van der Waals surface area (Å²) in [6.07, 6.45) is 1.55. The Morgan fingerprint density at radius 1 is 0.719 bits per heavy atom. The molecule has 32 heavy (non-hydrogen) atoms. The van der Waals surface area contributed by atoms with E-state index in [0.29, 0.717) is 22.6 Å². The molecule has 0 aliphatic carbocycles. The van der Waals surface area contributed by atoms with Crippen molar-refractivity contribution in [3.8, 4) is 11.5 Å². The van der Waals surface area contributed by atoms with Crippen LogP contribution in [0.2, 0.25) is 0 Å². The summed E-state index contributed by atoms with van der Waals surface area (Å²) in [7, 11) is 0. The van der Waals surface area contributed by atoms with Crippen LogP contribution in [0.3, 0.4) is 0 Å². The van der Waals surface area contributed by atoms with Crippen molar-refractivity contribution in [3.63, 3.8) is 0 Å². The van der Waals surface area contributed by atoms with E-state index >= 15 is 0 Å². The Hall–Kier alpha value is -1.40. The van der Waals surface area contributed by atoms with E-state index in [1.165, 1.54) is 0 Å². The third kappa shape index (κ3) is 4.63. The Labute approximate surface area is 200 Å². The van der Waals surface area contributed by atoms with Gasteiger partial charge in [0.15, 0.2) is 0 Å². The molecular weight excluding hydrogens is 482 g/mol. The molecular formula is C22H28N2O4P2S2. The zero-order valence-electron chi connectivity index (χ0n) is 19.0. The minimum Gasteiger partial charge on any atom is -0.440 e. The highest BCUT2D eigenvalue weighted by molar-refractivity contribution is 8.27. The van der Waals surface area contributed by atoms with Gasteiger partial charge in [-0.1, -0.05) is 24.3 Å². The molecule has 0 saturated carbocycles. The summed E-state index contributed by atoms with van der Waals surface area (Å²) >= 11 is 12.4. The Bertz CT molecular complexity index is 1040. The number of aldehydes is 2. The molecule has 2 aromatic rings. The minimum atomic E-state index is -2.85. The molecule has 0 radical (unpaired) electrons. The van der Waals surface area contributed by atoms with E-state index in [1.807, 2.05) is 50.4 Å². The molecule has 0 aromatic heterocycles. The summed E-state index contributed by atoms with van der Waals surface area (Å²) in [4.78, 5) is 22.5. The van der Waals surface area contributed by atoms with Gasteiger partial charge in [0.25, 0.3) is 13.1 Å². The molecule has 1 aliphatic rings. The molecule has 0 unspecified atom stereocenters. The maximum absolute atomic E-state index is 11.3. The topological polar surface area (TPSA) is 59.1 Å². The number of carbonyl (C=O) groups excluding carboxylic acids is 2. The van der Waals surface area contributed by atoms with Crippen LogP contribution < -0.4 is 9.05 Å². The molecule has 1 aliphatic heterocycles. The van der Waals surface area contributed by atoms with Gasteiger partial charge >= 0.3 is 0 Å². The van der Waals surface area contributed by atoms with Gasteiger partial charge in [-0.25, -0.2) is 0 Å². The molecule has 0 amide bonds. The zero-order valence-corrected chi connectivity index (χ0v) is 22.4. The molecule has 0 atom stereocenters. The fourth-order valence-electron chi connectivity index (χ4n) is 3.65. The zero-order chi connectivity index (χ0) is 23.9. The van der Waals surface area contributed by atoms with Crippen molar-refractivity contribution in [2.24, 2.45) is 0 Å². The van der Waals surface area contributed by atoms with Gasteiger partial charge in [0.05, 0.1) is 0 Å². The van der Waals surface area contributed by atoms with Crippen molar-refractivity contribution in [3.05, 3.63) is 59.7 Å². The first-order valence-corrected chi connectivity index (χ1v) is 15.3. The first-order chi connectivity index (χ1) is 14.8. The van der Waals surface area contributed by atoms with Gasteiger partial charge < -0.3 is 9.05 Å². The van der Waals surface area contributed by atoms with Crippen LogP contribution in [0.1, 0.15) is 62.3 Å². The summed E-state index contributed by atoms with van der Waals surface area (Å²) in [5, 5.41) is 0. The number of rotatable bonds is 6. The van der Waals surface area contributed by atoms with Crippen molar-refractivity contribution in [2.45, 2.75) is 52.6 Å². The fourth-order valence-corrected chi connectivity index (χ4v) is 19.1. The second kappa shape index (κ2) is 8.75. The average molecular weight is 511 g/mol. The van der Waals surface area contributed by atoms with Gasteiger partial charge in [0, 0.05) is 22.2 Å². The van der Waals surface area contributed by atoms with Crippen LogP contribution >= 0.6 is 13.1 Å². The van der Waals surface area contributed by atoms with Gasteiger partial charge in [0.1, 0.15) is 24.1 Å². The van der Waals surface area contributed by atoms with Crippen LogP contribution in [0.4, 0.5) is 0 Å². The van der Waals surface area contributed by atoms with Crippen molar-refractivity contribution in [2.75, 3.05) is 0 Å². The van der Waals surface area contributed by atoms with Crippen LogP contribution in [0.15, 0.2) is 48.5 Å². The molecule has 1 saturated heterocycles. The molecule has 0 spiro atoms. The summed E-state index contributed by atoms with van der Waals surface area (Å²) in [6.45, 7) is 6.50. The van der Waals surface area contributed by atoms with Crippen LogP contribution in [-0.2, 0) is 23.6 Å². The van der Waals surface area contributed by atoms with E-state index in [-0.39, 0.29) is 0 Å². The standard InChI is InChI=1S/C22H28N2O4P2S2/c1-21(2,3)23-29(31,27-19-11-7-9-17(13-19)15-25)24(22(4,5)6)30(23,32)28-20-12-8-10-18(14-20)16-26/h7-16H,1-6H3. The molecule has 1 heterocycles. The van der Waals surface area contributed by atoms with Crippen molar-refractivity contribution in [1.82, 2.24) is 8.88 Å². The van der Waals surface area contributed by atoms with Crippen LogP contribution in [0.5, 0.6) is 11.5 Å². The fraction of sp³-hybridized carbons (Fsp3) is 0.364. The molecule has 6 nitrogen and oxygen atoms in total. The van der Waals surface area contributed by atoms with Crippen molar-refractivity contribution in [1.29, 1.82) is 0 Å². The van der Waals surface area contributed by atoms with Gasteiger partial charge in [-0.3, -0.25) is 9.59 Å². The smallest absolute Gasteiger partial charge is 0.269 e. The number of benzene rings is 2. The van der Waals surface area contributed by atoms with E-state index in [2.05, 4.69) is 0 Å². The van der Waals surface area contributed by atoms with E-state index in [0.717, 1.165) is 12.6 Å². The maximum atomic E-state index is 11.3. The molecule has 10 heteroatoms. The first kappa shape index (κ1) is 25.2. The summed E-state index contributed by atoms with van der Waals surface area (Å²) in [5.74, 6) is 1.04. The molecule has 0 bridgehead atoms. The third-order valence-corrected chi connectivity index (χ3v) is 16.6. The second-order valence-corrected chi connectivity index (χ2v) is 16.9. The molecule has 1 fully saturated rings.